The number of likely N-dealkylation sites (tertiary alicyclic amines) is 1. The Labute approximate surface area is 148 Å². The number of rotatable bonds is 3. The molecule has 3 heterocycles. The Bertz CT molecular complexity index is 769. The molecule has 0 radical (unpaired) electrons. The van der Waals surface area contributed by atoms with Crippen molar-refractivity contribution >= 4 is 16.8 Å². The van der Waals surface area contributed by atoms with E-state index in [4.69, 9.17) is 4.74 Å². The molecule has 1 aromatic carbocycles. The van der Waals surface area contributed by atoms with Gasteiger partial charge in [0.25, 0.3) is 0 Å². The van der Waals surface area contributed by atoms with Crippen LogP contribution in [0.4, 0.5) is 0 Å². The predicted molar refractivity (Wildman–Crippen MR) is 98.2 cm³/mol. The highest BCUT2D eigenvalue weighted by Crippen LogP contribution is 2.32. The molecule has 2 fully saturated rings. The molecular weight excluding hydrogens is 314 g/mol. The fraction of sp³-hybridized carbons (Fsp3) is 0.550. The molecule has 0 unspecified atom stereocenters. The first-order valence-corrected chi connectivity index (χ1v) is 9.24. The summed E-state index contributed by atoms with van der Waals surface area (Å²) in [6.07, 6.45) is 4.58. The maximum Gasteiger partial charge on any atom is 0.225 e. The van der Waals surface area contributed by atoms with Crippen LogP contribution in [0.25, 0.3) is 10.9 Å². The minimum absolute atomic E-state index is 0.00348. The number of carbonyl (C=O) groups is 1. The van der Waals surface area contributed by atoms with Crippen molar-refractivity contribution in [2.45, 2.75) is 25.5 Å². The van der Waals surface area contributed by atoms with Gasteiger partial charge in [-0.25, -0.2) is 0 Å². The molecule has 2 aliphatic rings. The normalized spacial score (nSPS) is 27.2. The number of para-hydroxylation sites is 1. The van der Waals surface area contributed by atoms with Crippen molar-refractivity contribution in [3.8, 4) is 0 Å². The molecular formula is C20H27N3O2. The van der Waals surface area contributed by atoms with Crippen LogP contribution in [0.15, 0.2) is 30.5 Å². The first kappa shape index (κ1) is 16.6. The van der Waals surface area contributed by atoms with Crippen molar-refractivity contribution in [2.24, 2.45) is 18.9 Å². The van der Waals surface area contributed by atoms with Gasteiger partial charge in [-0.3, -0.25) is 9.69 Å². The Kier molecular flexibility index (Phi) is 4.52. The van der Waals surface area contributed by atoms with Crippen LogP contribution < -0.4 is 5.32 Å². The highest BCUT2D eigenvalue weighted by atomic mass is 16.5. The summed E-state index contributed by atoms with van der Waals surface area (Å²) in [5, 5.41) is 4.11. The molecule has 134 valence electrons. The summed E-state index contributed by atoms with van der Waals surface area (Å²) in [6, 6.07) is 8.59. The Morgan fingerprint density at radius 1 is 1.36 bits per heavy atom. The average Bonchev–Trinajstić information content (AvgIpc) is 2.96. The number of piperidine rings is 1. The van der Waals surface area contributed by atoms with Crippen molar-refractivity contribution in [3.63, 3.8) is 0 Å². The Morgan fingerprint density at radius 2 is 2.20 bits per heavy atom. The lowest BCUT2D eigenvalue weighted by Gasteiger charge is -2.43. The van der Waals surface area contributed by atoms with Gasteiger partial charge in [-0.1, -0.05) is 18.2 Å². The number of amides is 1. The van der Waals surface area contributed by atoms with E-state index in [9.17, 15) is 4.79 Å². The molecule has 5 nitrogen and oxygen atoms in total. The number of hydrogen-bond acceptors (Lipinski definition) is 3. The van der Waals surface area contributed by atoms with Gasteiger partial charge < -0.3 is 14.6 Å². The summed E-state index contributed by atoms with van der Waals surface area (Å²) in [5.41, 5.74) is 2.67. The number of benzene rings is 1. The smallest absolute Gasteiger partial charge is 0.225 e. The average molecular weight is 341 g/mol. The van der Waals surface area contributed by atoms with E-state index in [0.29, 0.717) is 18.6 Å². The van der Waals surface area contributed by atoms with E-state index in [1.165, 1.54) is 16.5 Å². The molecule has 2 saturated heterocycles. The highest BCUT2D eigenvalue weighted by Gasteiger charge is 2.38. The second-order valence-electron chi connectivity index (χ2n) is 7.48. The molecule has 0 saturated carbocycles. The van der Waals surface area contributed by atoms with Gasteiger partial charge in [-0.2, -0.15) is 0 Å². The Hall–Kier alpha value is -1.85. The summed E-state index contributed by atoms with van der Waals surface area (Å²) < 4.78 is 8.21. The summed E-state index contributed by atoms with van der Waals surface area (Å²) in [6.45, 7) is 3.62. The van der Waals surface area contributed by atoms with E-state index in [1.54, 1.807) is 7.05 Å². The molecule has 1 aromatic heterocycles. The van der Waals surface area contributed by atoms with Crippen LogP contribution in [0, 0.1) is 11.8 Å². The maximum atomic E-state index is 12.0. The second kappa shape index (κ2) is 6.81. The molecule has 0 spiro atoms. The largest absolute Gasteiger partial charge is 0.377 e. The van der Waals surface area contributed by atoms with E-state index in [0.717, 1.165) is 32.5 Å². The number of nitrogens with one attached hydrogen (secondary N) is 1. The first-order valence-electron chi connectivity index (χ1n) is 9.24. The zero-order valence-corrected chi connectivity index (χ0v) is 15.1. The summed E-state index contributed by atoms with van der Waals surface area (Å²) in [7, 11) is 3.82. The molecule has 5 heteroatoms. The van der Waals surface area contributed by atoms with E-state index in [1.807, 2.05) is 0 Å². The van der Waals surface area contributed by atoms with Crippen molar-refractivity contribution in [1.29, 1.82) is 0 Å². The number of fused-ring (bicyclic) bond motifs is 2. The Balaban J connectivity index is 1.46. The number of carbonyl (C=O) groups excluding carboxylic acids is 1. The quantitative estimate of drug-likeness (QED) is 0.930. The SMILES string of the molecule is CNC(=O)[C@@H]1CO[C@@H]2CCN(Cc3cn(C)c4ccccc34)C[C@@H]2C1. The molecule has 1 N–H and O–H groups in total. The van der Waals surface area contributed by atoms with E-state index in [-0.39, 0.29) is 11.8 Å². The molecule has 25 heavy (non-hydrogen) atoms. The van der Waals surface area contributed by atoms with Crippen molar-refractivity contribution < 1.29 is 9.53 Å². The van der Waals surface area contributed by atoms with Gasteiger partial charge >= 0.3 is 0 Å². The molecule has 2 aliphatic heterocycles. The summed E-state index contributed by atoms with van der Waals surface area (Å²) >= 11 is 0. The first-order chi connectivity index (χ1) is 12.2. The highest BCUT2D eigenvalue weighted by molar-refractivity contribution is 5.83. The van der Waals surface area contributed by atoms with Gasteiger partial charge in [-0.15, -0.1) is 0 Å². The third kappa shape index (κ3) is 3.18. The van der Waals surface area contributed by atoms with E-state index < -0.39 is 0 Å². The lowest BCUT2D eigenvalue weighted by molar-refractivity contribution is -0.138. The topological polar surface area (TPSA) is 46.5 Å². The van der Waals surface area contributed by atoms with Crippen molar-refractivity contribution in [1.82, 2.24) is 14.8 Å². The number of nitrogens with zero attached hydrogens (tertiary/aromatic N) is 2. The summed E-state index contributed by atoms with van der Waals surface area (Å²) in [4.78, 5) is 14.5. The lowest BCUT2D eigenvalue weighted by Crippen LogP contribution is -2.49. The number of hydrogen-bond donors (Lipinski definition) is 1. The van der Waals surface area contributed by atoms with E-state index in [2.05, 4.69) is 52.3 Å². The van der Waals surface area contributed by atoms with Crippen molar-refractivity contribution in [3.05, 3.63) is 36.0 Å². The van der Waals surface area contributed by atoms with Crippen LogP contribution in [0.5, 0.6) is 0 Å². The maximum absolute atomic E-state index is 12.0. The van der Waals surface area contributed by atoms with E-state index >= 15 is 0 Å². The molecule has 0 bridgehead atoms. The van der Waals surface area contributed by atoms with Gasteiger partial charge in [0.1, 0.15) is 0 Å². The van der Waals surface area contributed by atoms with Crippen LogP contribution in [0.1, 0.15) is 18.4 Å². The predicted octanol–water partition coefficient (Wildman–Crippen LogP) is 2.15. The standard InChI is InChI=1S/C20H27N3O2/c1-21-20(24)15-9-14-11-23(8-7-19(14)25-13-15)12-16-10-22(2)18-6-4-3-5-17(16)18/h3-6,10,14-15,19H,7-9,11-13H2,1-2H3,(H,21,24)/t14-,15-,19+/m0/s1. The minimum Gasteiger partial charge on any atom is -0.377 e. The van der Waals surface area contributed by atoms with Crippen LogP contribution in [-0.4, -0.2) is 48.2 Å². The fourth-order valence-electron chi connectivity index (χ4n) is 4.53. The van der Waals surface area contributed by atoms with Gasteiger partial charge in [-0.05, 0) is 30.4 Å². The molecule has 3 atom stereocenters. The zero-order valence-electron chi connectivity index (χ0n) is 15.1. The second-order valence-corrected chi connectivity index (χ2v) is 7.48. The van der Waals surface area contributed by atoms with Crippen LogP contribution in [0.2, 0.25) is 0 Å². The van der Waals surface area contributed by atoms with Gasteiger partial charge in [0.15, 0.2) is 0 Å². The van der Waals surface area contributed by atoms with Crippen LogP contribution in [-0.2, 0) is 23.1 Å². The molecule has 4 rings (SSSR count). The molecule has 0 aliphatic carbocycles. The molecule has 2 aromatic rings. The number of aromatic nitrogens is 1. The Morgan fingerprint density at radius 3 is 3.04 bits per heavy atom. The fourth-order valence-corrected chi connectivity index (χ4v) is 4.53. The third-order valence-electron chi connectivity index (χ3n) is 5.84. The van der Waals surface area contributed by atoms with Crippen LogP contribution >= 0.6 is 0 Å². The number of ether oxygens (including phenoxy) is 1. The van der Waals surface area contributed by atoms with Gasteiger partial charge in [0.2, 0.25) is 5.91 Å². The zero-order chi connectivity index (χ0) is 17.4. The van der Waals surface area contributed by atoms with Gasteiger partial charge in [0, 0.05) is 50.8 Å². The minimum atomic E-state index is 0.00348. The summed E-state index contributed by atoms with van der Waals surface area (Å²) in [5.74, 6) is 0.577. The number of aryl methyl sites for hydroxylation is 1. The molecule has 1 amide bonds. The van der Waals surface area contributed by atoms with Gasteiger partial charge in [0.05, 0.1) is 18.6 Å². The van der Waals surface area contributed by atoms with Crippen LogP contribution in [0.3, 0.4) is 0 Å². The van der Waals surface area contributed by atoms with Crippen molar-refractivity contribution in [2.75, 3.05) is 26.7 Å². The monoisotopic (exact) mass is 341 g/mol. The third-order valence-corrected chi connectivity index (χ3v) is 5.84. The lowest BCUT2D eigenvalue weighted by atomic mass is 9.83.